The third-order valence-corrected chi connectivity index (χ3v) is 4.08. The lowest BCUT2D eigenvalue weighted by molar-refractivity contribution is 0.409. The van der Waals surface area contributed by atoms with Crippen LogP contribution in [0, 0.1) is 11.8 Å². The van der Waals surface area contributed by atoms with Crippen molar-refractivity contribution in [3.05, 3.63) is 0 Å². The Morgan fingerprint density at radius 2 is 2.15 bits per heavy atom. The fourth-order valence-electron chi connectivity index (χ4n) is 1.89. The second-order valence-electron chi connectivity index (χ2n) is 4.61. The maximum atomic E-state index is 6.15. The van der Waals surface area contributed by atoms with Crippen LogP contribution in [0.3, 0.4) is 0 Å². The second-order valence-corrected chi connectivity index (χ2v) is 5.76. The zero-order chi connectivity index (χ0) is 9.68. The standard InChI is InChI=1S/C11H23NS/c1-9(2)4-3-5-11(12)10-6-7-13-8-10/h9-11H,3-8,12H2,1-2H3. The number of thioether (sulfide) groups is 1. The fraction of sp³-hybridized carbons (Fsp3) is 1.00. The highest BCUT2D eigenvalue weighted by molar-refractivity contribution is 7.99. The van der Waals surface area contributed by atoms with Crippen molar-refractivity contribution in [1.29, 1.82) is 0 Å². The molecule has 2 heteroatoms. The van der Waals surface area contributed by atoms with Crippen molar-refractivity contribution >= 4 is 11.8 Å². The first kappa shape index (κ1) is 11.4. The van der Waals surface area contributed by atoms with Crippen LogP contribution in [-0.2, 0) is 0 Å². The normalized spacial score (nSPS) is 25.4. The molecule has 0 amide bonds. The molecular weight excluding hydrogens is 178 g/mol. The van der Waals surface area contributed by atoms with Gasteiger partial charge >= 0.3 is 0 Å². The first-order valence-electron chi connectivity index (χ1n) is 5.53. The molecule has 0 aromatic rings. The van der Waals surface area contributed by atoms with E-state index in [9.17, 15) is 0 Å². The number of nitrogens with two attached hydrogens (primary N) is 1. The molecule has 0 aromatic heterocycles. The van der Waals surface area contributed by atoms with Gasteiger partial charge in [-0.1, -0.05) is 26.7 Å². The number of rotatable bonds is 5. The molecule has 1 saturated heterocycles. The summed E-state index contributed by atoms with van der Waals surface area (Å²) in [5, 5.41) is 0. The Balaban J connectivity index is 2.06. The van der Waals surface area contributed by atoms with Gasteiger partial charge in [0.15, 0.2) is 0 Å². The molecule has 1 aliphatic rings. The van der Waals surface area contributed by atoms with Crippen LogP contribution in [0.5, 0.6) is 0 Å². The van der Waals surface area contributed by atoms with E-state index < -0.39 is 0 Å². The molecule has 2 N–H and O–H groups in total. The van der Waals surface area contributed by atoms with Crippen LogP contribution in [0.25, 0.3) is 0 Å². The Hall–Kier alpha value is 0.310. The van der Waals surface area contributed by atoms with E-state index in [-0.39, 0.29) is 0 Å². The monoisotopic (exact) mass is 201 g/mol. The largest absolute Gasteiger partial charge is 0.327 e. The first-order chi connectivity index (χ1) is 6.20. The smallest absolute Gasteiger partial charge is 0.00753 e. The van der Waals surface area contributed by atoms with E-state index in [4.69, 9.17) is 5.73 Å². The number of hydrogen-bond acceptors (Lipinski definition) is 2. The molecule has 0 spiro atoms. The van der Waals surface area contributed by atoms with Crippen LogP contribution in [0.2, 0.25) is 0 Å². The minimum Gasteiger partial charge on any atom is -0.327 e. The molecule has 0 radical (unpaired) electrons. The summed E-state index contributed by atoms with van der Waals surface area (Å²) in [7, 11) is 0. The highest BCUT2D eigenvalue weighted by Gasteiger charge is 2.21. The molecule has 1 rings (SSSR count). The third-order valence-electron chi connectivity index (χ3n) is 2.89. The van der Waals surface area contributed by atoms with Gasteiger partial charge in [0, 0.05) is 6.04 Å². The topological polar surface area (TPSA) is 26.0 Å². The summed E-state index contributed by atoms with van der Waals surface area (Å²) in [6.45, 7) is 4.58. The Bertz CT molecular complexity index is 130. The van der Waals surface area contributed by atoms with Crippen LogP contribution < -0.4 is 5.73 Å². The Kier molecular flexibility index (Phi) is 5.18. The highest BCUT2D eigenvalue weighted by atomic mass is 32.2. The van der Waals surface area contributed by atoms with Crippen molar-refractivity contribution in [3.8, 4) is 0 Å². The van der Waals surface area contributed by atoms with Gasteiger partial charge in [0.05, 0.1) is 0 Å². The number of hydrogen-bond donors (Lipinski definition) is 1. The molecule has 1 nitrogen and oxygen atoms in total. The molecule has 1 aliphatic heterocycles. The Morgan fingerprint density at radius 3 is 2.69 bits per heavy atom. The van der Waals surface area contributed by atoms with E-state index >= 15 is 0 Å². The molecule has 2 unspecified atom stereocenters. The summed E-state index contributed by atoms with van der Waals surface area (Å²) in [5.41, 5.74) is 6.15. The van der Waals surface area contributed by atoms with E-state index in [0.717, 1.165) is 11.8 Å². The molecule has 1 fully saturated rings. The van der Waals surface area contributed by atoms with E-state index in [1.807, 2.05) is 0 Å². The highest BCUT2D eigenvalue weighted by Crippen LogP contribution is 2.27. The predicted molar refractivity (Wildman–Crippen MR) is 62.1 cm³/mol. The lowest BCUT2D eigenvalue weighted by Gasteiger charge is -2.18. The van der Waals surface area contributed by atoms with Crippen molar-refractivity contribution in [3.63, 3.8) is 0 Å². The molecular formula is C11H23NS. The second kappa shape index (κ2) is 5.92. The van der Waals surface area contributed by atoms with Gasteiger partial charge in [0.25, 0.3) is 0 Å². The van der Waals surface area contributed by atoms with Gasteiger partial charge < -0.3 is 5.73 Å². The molecule has 1 heterocycles. The summed E-state index contributed by atoms with van der Waals surface area (Å²) >= 11 is 2.07. The maximum absolute atomic E-state index is 6.15. The van der Waals surface area contributed by atoms with Crippen LogP contribution in [0.4, 0.5) is 0 Å². The SMILES string of the molecule is CC(C)CCCC(N)C1CCSC1. The lowest BCUT2D eigenvalue weighted by atomic mass is 9.94. The molecule has 13 heavy (non-hydrogen) atoms. The minimum atomic E-state index is 0.480. The molecule has 0 bridgehead atoms. The summed E-state index contributed by atoms with van der Waals surface area (Å²) in [6.07, 6.45) is 5.25. The van der Waals surface area contributed by atoms with Crippen molar-refractivity contribution in [2.45, 2.75) is 45.6 Å². The average Bonchev–Trinajstić information content (AvgIpc) is 2.55. The Labute approximate surface area is 86.8 Å². The zero-order valence-electron chi connectivity index (χ0n) is 8.96. The van der Waals surface area contributed by atoms with E-state index in [1.54, 1.807) is 0 Å². The van der Waals surface area contributed by atoms with Crippen molar-refractivity contribution in [2.24, 2.45) is 17.6 Å². The van der Waals surface area contributed by atoms with Gasteiger partial charge in [0.2, 0.25) is 0 Å². The van der Waals surface area contributed by atoms with Crippen LogP contribution in [-0.4, -0.2) is 17.5 Å². The van der Waals surface area contributed by atoms with Gasteiger partial charge in [0.1, 0.15) is 0 Å². The first-order valence-corrected chi connectivity index (χ1v) is 6.69. The van der Waals surface area contributed by atoms with Gasteiger partial charge in [-0.2, -0.15) is 11.8 Å². The lowest BCUT2D eigenvalue weighted by Crippen LogP contribution is -2.29. The van der Waals surface area contributed by atoms with Crippen LogP contribution >= 0.6 is 11.8 Å². The maximum Gasteiger partial charge on any atom is 0.00753 e. The molecule has 0 aliphatic carbocycles. The van der Waals surface area contributed by atoms with Gasteiger partial charge in [-0.05, 0) is 36.2 Å². The quantitative estimate of drug-likeness (QED) is 0.740. The molecule has 78 valence electrons. The molecule has 2 atom stereocenters. The average molecular weight is 201 g/mol. The van der Waals surface area contributed by atoms with Crippen LogP contribution in [0.15, 0.2) is 0 Å². The zero-order valence-corrected chi connectivity index (χ0v) is 9.78. The van der Waals surface area contributed by atoms with Gasteiger partial charge in [-0.3, -0.25) is 0 Å². The van der Waals surface area contributed by atoms with Gasteiger partial charge in [-0.25, -0.2) is 0 Å². The van der Waals surface area contributed by atoms with Crippen molar-refractivity contribution in [2.75, 3.05) is 11.5 Å². The van der Waals surface area contributed by atoms with E-state index in [0.29, 0.717) is 6.04 Å². The Morgan fingerprint density at radius 1 is 1.38 bits per heavy atom. The van der Waals surface area contributed by atoms with Crippen molar-refractivity contribution < 1.29 is 0 Å². The summed E-state index contributed by atoms with van der Waals surface area (Å²) in [4.78, 5) is 0. The summed E-state index contributed by atoms with van der Waals surface area (Å²) in [6, 6.07) is 0.480. The summed E-state index contributed by atoms with van der Waals surface area (Å²) < 4.78 is 0. The molecule has 0 saturated carbocycles. The van der Waals surface area contributed by atoms with Crippen LogP contribution in [0.1, 0.15) is 39.5 Å². The summed E-state index contributed by atoms with van der Waals surface area (Å²) in [5.74, 6) is 4.30. The van der Waals surface area contributed by atoms with Crippen molar-refractivity contribution in [1.82, 2.24) is 0 Å². The minimum absolute atomic E-state index is 0.480. The van der Waals surface area contributed by atoms with Gasteiger partial charge in [-0.15, -0.1) is 0 Å². The van der Waals surface area contributed by atoms with E-state index in [2.05, 4.69) is 25.6 Å². The third kappa shape index (κ3) is 4.37. The fourth-order valence-corrected chi connectivity index (χ4v) is 3.24. The molecule has 0 aromatic carbocycles. The predicted octanol–water partition coefficient (Wildman–Crippen LogP) is 2.89. The van der Waals surface area contributed by atoms with E-state index in [1.165, 1.54) is 37.2 Å².